The number of benzene rings is 2. The second-order valence-electron chi connectivity index (χ2n) is 5.59. The van der Waals surface area contributed by atoms with Crippen molar-refractivity contribution in [3.8, 4) is 11.5 Å². The molecule has 1 aromatic heterocycles. The normalized spacial score (nSPS) is 11.9. The first-order valence-corrected chi connectivity index (χ1v) is 9.41. The Hall–Kier alpha value is -2.62. The number of non-ortho nitro benzene ring substituents is 1. The molecule has 2 aromatic carbocycles. The van der Waals surface area contributed by atoms with Crippen molar-refractivity contribution in [2.45, 2.75) is 13.0 Å². The summed E-state index contributed by atoms with van der Waals surface area (Å²) in [4.78, 5) is 27.2. The number of hydrogen-bond acceptors (Lipinski definition) is 7. The van der Waals surface area contributed by atoms with E-state index in [9.17, 15) is 14.9 Å². The molecule has 0 radical (unpaired) electrons. The second-order valence-corrected chi connectivity index (χ2v) is 7.47. The molecule has 1 N–H and O–H groups in total. The van der Waals surface area contributed by atoms with Crippen molar-refractivity contribution in [1.82, 2.24) is 4.98 Å². The molecule has 0 saturated heterocycles. The highest BCUT2D eigenvalue weighted by molar-refractivity contribution is 7.22. The second kappa shape index (κ2) is 8.17. The maximum Gasteiger partial charge on any atom is 0.274 e. The maximum absolute atomic E-state index is 12.4. The number of carbonyl (C=O) groups excluding carboxylic acids is 1. The van der Waals surface area contributed by atoms with Gasteiger partial charge >= 0.3 is 0 Å². The van der Waals surface area contributed by atoms with Gasteiger partial charge in [0.05, 0.1) is 27.8 Å². The first kappa shape index (κ1) is 20.1. The number of ether oxygens (including phenoxy) is 2. The number of amides is 1. The zero-order valence-electron chi connectivity index (χ0n) is 14.6. The number of nitrogens with zero attached hydrogens (tertiary/aromatic N) is 2. The summed E-state index contributed by atoms with van der Waals surface area (Å²) in [5.74, 6) is 0.104. The molecule has 8 nitrogen and oxygen atoms in total. The number of carbonyl (C=O) groups is 1. The Bertz CT molecular complexity index is 1070. The minimum atomic E-state index is -0.873. The lowest BCUT2D eigenvalue weighted by Crippen LogP contribution is -2.30. The average molecular weight is 442 g/mol. The van der Waals surface area contributed by atoms with Gasteiger partial charge in [-0.05, 0) is 25.1 Å². The van der Waals surface area contributed by atoms with Crippen LogP contribution in [0.3, 0.4) is 0 Å². The van der Waals surface area contributed by atoms with Crippen molar-refractivity contribution < 1.29 is 19.2 Å². The molecule has 0 aliphatic heterocycles. The van der Waals surface area contributed by atoms with E-state index in [0.717, 1.165) is 11.3 Å². The summed E-state index contributed by atoms with van der Waals surface area (Å²) in [6, 6.07) is 7.33. The van der Waals surface area contributed by atoms with Gasteiger partial charge in [-0.2, -0.15) is 0 Å². The number of rotatable bonds is 6. The molecule has 0 aliphatic carbocycles. The highest BCUT2D eigenvalue weighted by Crippen LogP contribution is 2.36. The molecule has 11 heteroatoms. The molecule has 0 bridgehead atoms. The van der Waals surface area contributed by atoms with E-state index in [4.69, 9.17) is 32.7 Å². The largest absolute Gasteiger partial charge is 0.494 e. The summed E-state index contributed by atoms with van der Waals surface area (Å²) < 4.78 is 11.2. The van der Waals surface area contributed by atoms with Gasteiger partial charge in [0.25, 0.3) is 11.6 Å². The highest BCUT2D eigenvalue weighted by Gasteiger charge is 2.20. The minimum absolute atomic E-state index is 0.125. The first-order chi connectivity index (χ1) is 13.3. The average Bonchev–Trinajstić information content (AvgIpc) is 3.05. The number of aromatic nitrogens is 1. The number of anilines is 1. The molecule has 1 heterocycles. The molecule has 146 valence electrons. The number of nitro benzene ring substituents is 1. The van der Waals surface area contributed by atoms with Crippen LogP contribution in [0.1, 0.15) is 6.92 Å². The van der Waals surface area contributed by atoms with Crippen molar-refractivity contribution in [3.63, 3.8) is 0 Å². The minimum Gasteiger partial charge on any atom is -0.494 e. The third-order valence-electron chi connectivity index (χ3n) is 3.67. The van der Waals surface area contributed by atoms with E-state index < -0.39 is 16.9 Å². The van der Waals surface area contributed by atoms with E-state index >= 15 is 0 Å². The summed E-state index contributed by atoms with van der Waals surface area (Å²) in [5, 5.41) is 14.7. The summed E-state index contributed by atoms with van der Waals surface area (Å²) >= 11 is 13.0. The first-order valence-electron chi connectivity index (χ1n) is 7.84. The molecule has 1 unspecified atom stereocenters. The standard InChI is InChI=1S/C17H13Cl2N3O5S/c1-8(27-12-4-3-9(18)5-11(12)19)16(23)21-17-20-15-13(26-2)6-10(22(24)25)7-14(15)28-17/h3-8H,1-2H3,(H,20,21,23). The van der Waals surface area contributed by atoms with E-state index in [1.54, 1.807) is 19.1 Å². The van der Waals surface area contributed by atoms with Gasteiger partial charge in [0, 0.05) is 11.1 Å². The Morgan fingerprint density at radius 3 is 2.68 bits per heavy atom. The quantitative estimate of drug-likeness (QED) is 0.429. The molecule has 3 rings (SSSR count). The number of fused-ring (bicyclic) bond motifs is 1. The molecule has 3 aromatic rings. The van der Waals surface area contributed by atoms with Crippen LogP contribution in [-0.2, 0) is 4.79 Å². The van der Waals surface area contributed by atoms with Crippen LogP contribution in [-0.4, -0.2) is 29.0 Å². The van der Waals surface area contributed by atoms with Crippen LogP contribution in [0.4, 0.5) is 10.8 Å². The summed E-state index contributed by atoms with van der Waals surface area (Å²) in [6.45, 7) is 1.55. The van der Waals surface area contributed by atoms with E-state index in [0.29, 0.717) is 21.0 Å². The van der Waals surface area contributed by atoms with Crippen LogP contribution in [0.5, 0.6) is 11.5 Å². The van der Waals surface area contributed by atoms with Crippen molar-refractivity contribution in [1.29, 1.82) is 0 Å². The van der Waals surface area contributed by atoms with Crippen molar-refractivity contribution >= 4 is 61.5 Å². The van der Waals surface area contributed by atoms with Crippen molar-refractivity contribution in [2.75, 3.05) is 12.4 Å². The van der Waals surface area contributed by atoms with Gasteiger partial charge in [-0.25, -0.2) is 4.98 Å². The molecule has 0 spiro atoms. The molecule has 28 heavy (non-hydrogen) atoms. The lowest BCUT2D eigenvalue weighted by Gasteiger charge is -2.14. The smallest absolute Gasteiger partial charge is 0.274 e. The SMILES string of the molecule is COc1cc([N+](=O)[O-])cc2sc(NC(=O)C(C)Oc3ccc(Cl)cc3Cl)nc12. The van der Waals surface area contributed by atoms with Crippen LogP contribution in [0.15, 0.2) is 30.3 Å². The number of halogens is 2. The van der Waals surface area contributed by atoms with Crippen LogP contribution in [0.2, 0.25) is 10.0 Å². The van der Waals surface area contributed by atoms with Crippen LogP contribution >= 0.6 is 34.5 Å². The fourth-order valence-corrected chi connectivity index (χ4v) is 3.69. The third kappa shape index (κ3) is 4.27. The monoisotopic (exact) mass is 441 g/mol. The van der Waals surface area contributed by atoms with E-state index in [2.05, 4.69) is 10.3 Å². The number of thiazole rings is 1. The van der Waals surface area contributed by atoms with Gasteiger partial charge in [-0.1, -0.05) is 34.5 Å². The van der Waals surface area contributed by atoms with Crippen LogP contribution in [0.25, 0.3) is 10.2 Å². The highest BCUT2D eigenvalue weighted by atomic mass is 35.5. The Morgan fingerprint density at radius 2 is 2.04 bits per heavy atom. The van der Waals surface area contributed by atoms with Gasteiger partial charge in [-0.15, -0.1) is 0 Å². The molecule has 0 aliphatic rings. The fourth-order valence-electron chi connectivity index (χ4n) is 2.32. The Balaban J connectivity index is 1.79. The number of nitrogens with one attached hydrogen (secondary N) is 1. The van der Waals surface area contributed by atoms with E-state index in [-0.39, 0.29) is 21.6 Å². The molecular weight excluding hydrogens is 429 g/mol. The summed E-state index contributed by atoms with van der Waals surface area (Å²) in [6.07, 6.45) is -0.873. The van der Waals surface area contributed by atoms with Crippen molar-refractivity contribution in [2.24, 2.45) is 0 Å². The van der Waals surface area contributed by atoms with Crippen molar-refractivity contribution in [3.05, 3.63) is 50.5 Å². The third-order valence-corrected chi connectivity index (χ3v) is 5.12. The number of hydrogen-bond donors (Lipinski definition) is 1. The van der Waals surface area contributed by atoms with Crippen LogP contribution < -0.4 is 14.8 Å². The predicted molar refractivity (Wildman–Crippen MR) is 108 cm³/mol. The lowest BCUT2D eigenvalue weighted by atomic mass is 10.3. The summed E-state index contributed by atoms with van der Waals surface area (Å²) in [7, 11) is 1.39. The Kier molecular flexibility index (Phi) is 5.87. The Labute approximate surface area is 173 Å². The molecule has 0 saturated carbocycles. The van der Waals surface area contributed by atoms with Gasteiger partial charge in [0.15, 0.2) is 17.0 Å². The zero-order valence-corrected chi connectivity index (χ0v) is 16.9. The topological polar surface area (TPSA) is 104 Å². The predicted octanol–water partition coefficient (Wildman–Crippen LogP) is 4.93. The van der Waals surface area contributed by atoms with E-state index in [1.165, 1.54) is 25.3 Å². The molecule has 1 atom stereocenters. The number of methoxy groups -OCH3 is 1. The fraction of sp³-hybridized carbons (Fsp3) is 0.176. The number of nitro groups is 1. The molecule has 0 fully saturated rings. The molecule has 1 amide bonds. The maximum atomic E-state index is 12.4. The van der Waals surface area contributed by atoms with Gasteiger partial charge in [-0.3, -0.25) is 20.2 Å². The Morgan fingerprint density at radius 1 is 1.29 bits per heavy atom. The van der Waals surface area contributed by atoms with Crippen LogP contribution in [0, 0.1) is 10.1 Å². The van der Waals surface area contributed by atoms with Gasteiger partial charge < -0.3 is 9.47 Å². The molecular formula is C17H13Cl2N3O5S. The van der Waals surface area contributed by atoms with Gasteiger partial charge in [0.2, 0.25) is 0 Å². The summed E-state index contributed by atoms with van der Waals surface area (Å²) in [5.41, 5.74) is 0.294. The van der Waals surface area contributed by atoms with E-state index in [1.807, 2.05) is 0 Å². The van der Waals surface area contributed by atoms with Gasteiger partial charge in [0.1, 0.15) is 11.3 Å². The zero-order chi connectivity index (χ0) is 20.4. The lowest BCUT2D eigenvalue weighted by molar-refractivity contribution is -0.384.